The van der Waals surface area contributed by atoms with E-state index in [0.29, 0.717) is 28.1 Å². The zero-order chi connectivity index (χ0) is 22.5. The molecule has 0 bridgehead atoms. The van der Waals surface area contributed by atoms with E-state index in [1.165, 1.54) is 24.6 Å². The highest BCUT2D eigenvalue weighted by atomic mass is 127. The summed E-state index contributed by atoms with van der Waals surface area (Å²) in [5, 5.41) is 10.2. The SMILES string of the molecule is CCNC(=NCc1cn(C)nc1C(F)(F)F)NC(C)c1nc(C)c(C(=O)OCC)s1.I. The fraction of sp³-hybridized carbons (Fsp3) is 0.556. The summed E-state index contributed by atoms with van der Waals surface area (Å²) in [5.74, 6) is -0.102. The van der Waals surface area contributed by atoms with Crippen molar-refractivity contribution in [2.24, 2.45) is 12.0 Å². The number of hydrogen-bond donors (Lipinski definition) is 2. The van der Waals surface area contributed by atoms with E-state index in [1.54, 1.807) is 13.8 Å². The molecule has 0 radical (unpaired) electrons. The Morgan fingerprint density at radius 3 is 2.65 bits per heavy atom. The predicted octanol–water partition coefficient (Wildman–Crippen LogP) is 3.81. The van der Waals surface area contributed by atoms with Crippen LogP contribution in [0.5, 0.6) is 0 Å². The molecule has 31 heavy (non-hydrogen) atoms. The van der Waals surface area contributed by atoms with Crippen LogP contribution in [-0.4, -0.2) is 39.8 Å². The fourth-order valence-corrected chi connectivity index (χ4v) is 3.59. The number of ether oxygens (including phenoxy) is 1. The molecule has 0 spiro atoms. The third kappa shape index (κ3) is 7.33. The van der Waals surface area contributed by atoms with Gasteiger partial charge in [0.25, 0.3) is 0 Å². The highest BCUT2D eigenvalue weighted by Gasteiger charge is 2.36. The van der Waals surface area contributed by atoms with Crippen molar-refractivity contribution < 1.29 is 22.7 Å². The highest BCUT2D eigenvalue weighted by molar-refractivity contribution is 14.0. The van der Waals surface area contributed by atoms with Crippen LogP contribution < -0.4 is 10.6 Å². The lowest BCUT2D eigenvalue weighted by Gasteiger charge is -2.16. The number of thiazole rings is 1. The van der Waals surface area contributed by atoms with E-state index < -0.39 is 17.8 Å². The lowest BCUT2D eigenvalue weighted by molar-refractivity contribution is -0.142. The maximum absolute atomic E-state index is 13.1. The molecule has 1 unspecified atom stereocenters. The first-order valence-electron chi connectivity index (χ1n) is 9.35. The highest BCUT2D eigenvalue weighted by Crippen LogP contribution is 2.31. The van der Waals surface area contributed by atoms with Gasteiger partial charge in [-0.2, -0.15) is 18.3 Å². The van der Waals surface area contributed by atoms with E-state index in [4.69, 9.17) is 4.74 Å². The van der Waals surface area contributed by atoms with Crippen molar-refractivity contribution in [2.75, 3.05) is 13.2 Å². The first-order valence-corrected chi connectivity index (χ1v) is 10.2. The molecule has 2 heterocycles. The van der Waals surface area contributed by atoms with Crippen molar-refractivity contribution in [2.45, 2.75) is 46.5 Å². The number of nitrogens with one attached hydrogen (secondary N) is 2. The zero-order valence-corrected chi connectivity index (χ0v) is 21.0. The monoisotopic (exact) mass is 574 g/mol. The van der Waals surface area contributed by atoms with Gasteiger partial charge in [-0.3, -0.25) is 4.68 Å². The lowest BCUT2D eigenvalue weighted by Crippen LogP contribution is -2.38. The molecule has 2 N–H and O–H groups in total. The van der Waals surface area contributed by atoms with Crippen molar-refractivity contribution >= 4 is 47.2 Å². The van der Waals surface area contributed by atoms with E-state index >= 15 is 0 Å². The molecule has 2 aromatic rings. The van der Waals surface area contributed by atoms with E-state index in [1.807, 2.05) is 13.8 Å². The number of nitrogens with zero attached hydrogens (tertiary/aromatic N) is 4. The Balaban J connectivity index is 0.00000480. The van der Waals surface area contributed by atoms with Crippen molar-refractivity contribution in [3.63, 3.8) is 0 Å². The van der Waals surface area contributed by atoms with Crippen LogP contribution in [0, 0.1) is 6.92 Å². The number of esters is 1. The summed E-state index contributed by atoms with van der Waals surface area (Å²) < 4.78 is 45.5. The third-order valence-corrected chi connectivity index (χ3v) is 5.24. The molecular formula is C18H26F3IN6O2S. The van der Waals surface area contributed by atoms with Crippen LogP contribution in [0.15, 0.2) is 11.2 Å². The quantitative estimate of drug-likeness (QED) is 0.226. The minimum Gasteiger partial charge on any atom is -0.462 e. The van der Waals surface area contributed by atoms with Crippen LogP contribution in [0.1, 0.15) is 58.4 Å². The smallest absolute Gasteiger partial charge is 0.435 e. The number of carbonyl (C=O) groups excluding carboxylic acids is 1. The fourth-order valence-electron chi connectivity index (χ4n) is 2.63. The number of alkyl halides is 3. The molecule has 0 fully saturated rings. The molecule has 0 aromatic carbocycles. The minimum absolute atomic E-state index is 0. The molecule has 0 saturated carbocycles. The number of carbonyl (C=O) groups is 1. The average molecular weight is 574 g/mol. The summed E-state index contributed by atoms with van der Waals surface area (Å²) in [5.41, 5.74) is -0.411. The topological polar surface area (TPSA) is 93.4 Å². The first kappa shape index (κ1) is 27.1. The van der Waals surface area contributed by atoms with Crippen LogP contribution in [-0.2, 0) is 24.5 Å². The number of hydrogen-bond acceptors (Lipinski definition) is 6. The Morgan fingerprint density at radius 1 is 1.39 bits per heavy atom. The molecule has 0 aliphatic carbocycles. The molecule has 0 aliphatic rings. The molecule has 0 amide bonds. The predicted molar refractivity (Wildman–Crippen MR) is 123 cm³/mol. The summed E-state index contributed by atoms with van der Waals surface area (Å²) in [6.45, 7) is 7.71. The Bertz CT molecular complexity index is 913. The third-order valence-electron chi connectivity index (χ3n) is 3.92. The van der Waals surface area contributed by atoms with Crippen LogP contribution in [0.3, 0.4) is 0 Å². The minimum atomic E-state index is -4.55. The van der Waals surface area contributed by atoms with Gasteiger partial charge in [-0.15, -0.1) is 35.3 Å². The van der Waals surface area contributed by atoms with Crippen LogP contribution >= 0.6 is 35.3 Å². The van der Waals surface area contributed by atoms with E-state index in [0.717, 1.165) is 4.68 Å². The van der Waals surface area contributed by atoms with Gasteiger partial charge in [0.1, 0.15) is 9.88 Å². The molecule has 0 aliphatic heterocycles. The molecule has 0 saturated heterocycles. The van der Waals surface area contributed by atoms with Gasteiger partial charge in [0.05, 0.1) is 24.9 Å². The van der Waals surface area contributed by atoms with Crippen molar-refractivity contribution in [3.8, 4) is 0 Å². The second-order valence-electron chi connectivity index (χ2n) is 6.42. The Labute approximate surface area is 199 Å². The van der Waals surface area contributed by atoms with Crippen molar-refractivity contribution in [1.29, 1.82) is 0 Å². The van der Waals surface area contributed by atoms with Gasteiger partial charge in [0, 0.05) is 25.4 Å². The van der Waals surface area contributed by atoms with Gasteiger partial charge < -0.3 is 15.4 Å². The second kappa shape index (κ2) is 11.6. The largest absolute Gasteiger partial charge is 0.462 e. The van der Waals surface area contributed by atoms with Crippen LogP contribution in [0.25, 0.3) is 0 Å². The number of guanidine groups is 1. The molecule has 2 rings (SSSR count). The summed E-state index contributed by atoms with van der Waals surface area (Å²) in [6, 6.07) is -0.328. The summed E-state index contributed by atoms with van der Waals surface area (Å²) in [4.78, 5) is 21.1. The van der Waals surface area contributed by atoms with E-state index in [-0.39, 0.29) is 48.7 Å². The van der Waals surface area contributed by atoms with E-state index in [2.05, 4.69) is 25.7 Å². The van der Waals surface area contributed by atoms with Crippen LogP contribution in [0.2, 0.25) is 0 Å². The standard InChI is InChI=1S/C18H25F3N6O2S.HI/c1-6-22-17(23-8-12-9-27(5)26-14(12)18(19,20)21)25-11(4)15-24-10(3)13(30-15)16(28)29-7-2;/h9,11H,6-8H2,1-5H3,(H2,22,23,25);1H. The number of halogens is 4. The molecule has 1 atom stereocenters. The van der Waals surface area contributed by atoms with Gasteiger partial charge in [-0.25, -0.2) is 14.8 Å². The van der Waals surface area contributed by atoms with Gasteiger partial charge in [0.2, 0.25) is 0 Å². The summed E-state index contributed by atoms with van der Waals surface area (Å²) in [7, 11) is 1.43. The zero-order valence-electron chi connectivity index (χ0n) is 17.8. The Hall–Kier alpha value is -1.90. The van der Waals surface area contributed by atoms with Gasteiger partial charge in [-0.05, 0) is 27.7 Å². The Kier molecular flexibility index (Phi) is 10.2. The maximum Gasteiger partial charge on any atom is 0.435 e. The Morgan fingerprint density at radius 2 is 2.06 bits per heavy atom. The first-order chi connectivity index (χ1) is 14.1. The molecule has 13 heteroatoms. The van der Waals surface area contributed by atoms with Crippen LogP contribution in [0.4, 0.5) is 13.2 Å². The summed E-state index contributed by atoms with van der Waals surface area (Å²) >= 11 is 1.21. The molecule has 8 nitrogen and oxygen atoms in total. The number of aromatic nitrogens is 3. The lowest BCUT2D eigenvalue weighted by atomic mass is 10.2. The second-order valence-corrected chi connectivity index (χ2v) is 7.45. The van der Waals surface area contributed by atoms with Gasteiger partial charge in [-0.1, -0.05) is 0 Å². The van der Waals surface area contributed by atoms with Crippen molar-refractivity contribution in [3.05, 3.63) is 33.0 Å². The molecular weight excluding hydrogens is 548 g/mol. The number of aliphatic imine (C=N–C) groups is 1. The van der Waals surface area contributed by atoms with Crippen molar-refractivity contribution in [1.82, 2.24) is 25.4 Å². The van der Waals surface area contributed by atoms with E-state index in [9.17, 15) is 18.0 Å². The van der Waals surface area contributed by atoms with Gasteiger partial charge in [0.15, 0.2) is 11.7 Å². The normalized spacial score (nSPS) is 12.8. The maximum atomic E-state index is 13.1. The van der Waals surface area contributed by atoms with Gasteiger partial charge >= 0.3 is 12.1 Å². The summed E-state index contributed by atoms with van der Waals surface area (Å²) in [6.07, 6.45) is -3.25. The average Bonchev–Trinajstić information content (AvgIpc) is 3.22. The number of rotatable bonds is 7. The molecule has 2 aromatic heterocycles. The number of aryl methyl sites for hydroxylation is 2. The molecule has 174 valence electrons.